The number of rotatable bonds is 6. The third-order valence-electron chi connectivity index (χ3n) is 3.30. The van der Waals surface area contributed by atoms with Gasteiger partial charge in [-0.05, 0) is 6.07 Å². The van der Waals surface area contributed by atoms with E-state index in [1.165, 1.54) is 6.33 Å². The zero-order valence-corrected chi connectivity index (χ0v) is 12.7. The molecule has 1 amide bonds. The molecule has 0 aliphatic rings. The van der Waals surface area contributed by atoms with Gasteiger partial charge in [0, 0.05) is 25.7 Å². The maximum absolute atomic E-state index is 12.1. The van der Waals surface area contributed by atoms with Crippen LogP contribution >= 0.6 is 0 Å². The van der Waals surface area contributed by atoms with E-state index in [-0.39, 0.29) is 5.91 Å². The summed E-state index contributed by atoms with van der Waals surface area (Å²) in [6.07, 6.45) is 1.47. The summed E-state index contributed by atoms with van der Waals surface area (Å²) in [5, 5.41) is 16.8. The number of hydrogen-bond acceptors (Lipinski definition) is 5. The Morgan fingerprint density at radius 1 is 1.26 bits per heavy atom. The van der Waals surface area contributed by atoms with Crippen LogP contribution in [0, 0.1) is 0 Å². The van der Waals surface area contributed by atoms with Crippen LogP contribution in [0.3, 0.4) is 0 Å². The Balaban J connectivity index is 1.51. The van der Waals surface area contributed by atoms with Crippen molar-refractivity contribution in [2.75, 3.05) is 18.4 Å². The summed E-state index contributed by atoms with van der Waals surface area (Å²) in [5.74, 6) is 0.464. The van der Waals surface area contributed by atoms with Gasteiger partial charge in [-0.2, -0.15) is 15.2 Å². The molecule has 0 saturated carbocycles. The smallest absolute Gasteiger partial charge is 0.269 e. The molecule has 0 atom stereocenters. The van der Waals surface area contributed by atoms with Crippen LogP contribution in [0.1, 0.15) is 10.5 Å². The number of nitrogens with one attached hydrogen (secondary N) is 3. The van der Waals surface area contributed by atoms with E-state index in [0.29, 0.717) is 24.7 Å². The summed E-state index contributed by atoms with van der Waals surface area (Å²) in [4.78, 5) is 16.1. The van der Waals surface area contributed by atoms with Crippen molar-refractivity contribution in [2.24, 2.45) is 7.05 Å². The monoisotopic (exact) mass is 311 g/mol. The Labute approximate surface area is 132 Å². The van der Waals surface area contributed by atoms with E-state index in [1.807, 2.05) is 30.3 Å². The summed E-state index contributed by atoms with van der Waals surface area (Å²) >= 11 is 0. The van der Waals surface area contributed by atoms with Gasteiger partial charge < -0.3 is 10.6 Å². The van der Waals surface area contributed by atoms with Crippen molar-refractivity contribution in [1.29, 1.82) is 0 Å². The van der Waals surface area contributed by atoms with E-state index in [2.05, 4.69) is 30.9 Å². The van der Waals surface area contributed by atoms with E-state index < -0.39 is 0 Å². The third kappa shape index (κ3) is 3.54. The molecule has 0 spiro atoms. The van der Waals surface area contributed by atoms with Gasteiger partial charge in [-0.15, -0.1) is 0 Å². The fourth-order valence-corrected chi connectivity index (χ4v) is 2.10. The van der Waals surface area contributed by atoms with Crippen LogP contribution in [-0.2, 0) is 7.05 Å². The molecule has 3 rings (SSSR count). The lowest BCUT2D eigenvalue weighted by Gasteiger charge is -2.05. The van der Waals surface area contributed by atoms with Gasteiger partial charge in [0.25, 0.3) is 5.91 Å². The van der Waals surface area contributed by atoms with E-state index in [1.54, 1.807) is 17.8 Å². The molecule has 3 aromatic rings. The van der Waals surface area contributed by atoms with Gasteiger partial charge in [0.2, 0.25) is 5.95 Å². The molecule has 0 bridgehead atoms. The van der Waals surface area contributed by atoms with E-state index >= 15 is 0 Å². The van der Waals surface area contributed by atoms with Crippen molar-refractivity contribution < 1.29 is 4.79 Å². The number of hydrogen-bond donors (Lipinski definition) is 3. The van der Waals surface area contributed by atoms with Crippen LogP contribution in [0.5, 0.6) is 0 Å². The zero-order chi connectivity index (χ0) is 16.1. The molecule has 8 nitrogen and oxygen atoms in total. The maximum Gasteiger partial charge on any atom is 0.269 e. The van der Waals surface area contributed by atoms with Crippen molar-refractivity contribution in [3.63, 3.8) is 0 Å². The predicted molar refractivity (Wildman–Crippen MR) is 85.8 cm³/mol. The highest BCUT2D eigenvalue weighted by molar-refractivity contribution is 5.93. The minimum atomic E-state index is -0.195. The van der Waals surface area contributed by atoms with Crippen LogP contribution in [0.15, 0.2) is 42.7 Å². The molecule has 0 unspecified atom stereocenters. The summed E-state index contributed by atoms with van der Waals surface area (Å²) in [5.41, 5.74) is 2.14. The second-order valence-electron chi connectivity index (χ2n) is 4.92. The standard InChI is InChI=1S/C15H17N7O/c1-22-15(18-10-19-22)17-8-7-16-14(23)13-9-12(20-21-13)11-5-3-2-4-6-11/h2-6,9-10H,7-8H2,1H3,(H,16,23)(H,20,21)(H,17,18,19). The van der Waals surface area contributed by atoms with Gasteiger partial charge in [0.05, 0.1) is 5.69 Å². The number of aromatic nitrogens is 5. The van der Waals surface area contributed by atoms with Crippen LogP contribution in [0.2, 0.25) is 0 Å². The van der Waals surface area contributed by atoms with Crippen LogP contribution in [0.25, 0.3) is 11.3 Å². The number of anilines is 1. The van der Waals surface area contributed by atoms with Crippen molar-refractivity contribution in [1.82, 2.24) is 30.3 Å². The Kier molecular flexibility index (Phi) is 4.32. The van der Waals surface area contributed by atoms with Crippen LogP contribution < -0.4 is 10.6 Å². The first-order chi connectivity index (χ1) is 11.2. The van der Waals surface area contributed by atoms with E-state index in [0.717, 1.165) is 11.3 Å². The summed E-state index contributed by atoms with van der Waals surface area (Å²) in [7, 11) is 1.80. The van der Waals surface area contributed by atoms with Gasteiger partial charge in [0.1, 0.15) is 12.0 Å². The zero-order valence-electron chi connectivity index (χ0n) is 12.7. The molecule has 23 heavy (non-hydrogen) atoms. The number of H-pyrrole nitrogens is 1. The van der Waals surface area contributed by atoms with Gasteiger partial charge in [-0.3, -0.25) is 9.89 Å². The van der Waals surface area contributed by atoms with Crippen LogP contribution in [0.4, 0.5) is 5.95 Å². The number of benzene rings is 1. The van der Waals surface area contributed by atoms with Crippen molar-refractivity contribution in [3.8, 4) is 11.3 Å². The van der Waals surface area contributed by atoms with Crippen molar-refractivity contribution in [2.45, 2.75) is 0 Å². The van der Waals surface area contributed by atoms with Crippen LogP contribution in [-0.4, -0.2) is 44.0 Å². The second-order valence-corrected chi connectivity index (χ2v) is 4.92. The highest BCUT2D eigenvalue weighted by Crippen LogP contribution is 2.16. The minimum absolute atomic E-state index is 0.195. The molecule has 0 fully saturated rings. The lowest BCUT2D eigenvalue weighted by molar-refractivity contribution is 0.0950. The Hall–Kier alpha value is -3.16. The number of nitrogens with zero attached hydrogens (tertiary/aromatic N) is 4. The summed E-state index contributed by atoms with van der Waals surface area (Å²) < 4.78 is 1.63. The first-order valence-electron chi connectivity index (χ1n) is 7.21. The number of amides is 1. The molecule has 8 heteroatoms. The molecule has 2 heterocycles. The highest BCUT2D eigenvalue weighted by atomic mass is 16.1. The maximum atomic E-state index is 12.1. The summed E-state index contributed by atoms with van der Waals surface area (Å²) in [6, 6.07) is 11.4. The molecule has 118 valence electrons. The first-order valence-corrected chi connectivity index (χ1v) is 7.21. The van der Waals surface area contributed by atoms with Crippen molar-refractivity contribution >= 4 is 11.9 Å². The molecule has 2 aromatic heterocycles. The molecule has 0 saturated heterocycles. The number of carbonyl (C=O) groups is 1. The minimum Gasteiger partial charge on any atom is -0.353 e. The quantitative estimate of drug-likeness (QED) is 0.591. The lowest BCUT2D eigenvalue weighted by Crippen LogP contribution is -2.29. The SMILES string of the molecule is Cn1ncnc1NCCNC(=O)c1cc(-c2ccccc2)n[nH]1. The molecule has 0 aliphatic carbocycles. The number of carbonyl (C=O) groups excluding carboxylic acids is 1. The largest absolute Gasteiger partial charge is 0.353 e. The van der Waals surface area contributed by atoms with E-state index in [9.17, 15) is 4.79 Å². The molecule has 1 aromatic carbocycles. The average Bonchev–Trinajstić information content (AvgIpc) is 3.22. The second kappa shape index (κ2) is 6.73. The van der Waals surface area contributed by atoms with Gasteiger partial charge in [-0.25, -0.2) is 4.68 Å². The Bertz CT molecular complexity index is 778. The topological polar surface area (TPSA) is 101 Å². The highest BCUT2D eigenvalue weighted by Gasteiger charge is 2.10. The fourth-order valence-electron chi connectivity index (χ4n) is 2.10. The average molecular weight is 311 g/mol. The number of aromatic amines is 1. The molecule has 0 aliphatic heterocycles. The summed E-state index contributed by atoms with van der Waals surface area (Å²) in [6.45, 7) is 1.02. The van der Waals surface area contributed by atoms with E-state index in [4.69, 9.17) is 0 Å². The van der Waals surface area contributed by atoms with Gasteiger partial charge in [0.15, 0.2) is 0 Å². The van der Waals surface area contributed by atoms with Crippen molar-refractivity contribution in [3.05, 3.63) is 48.4 Å². The number of aryl methyl sites for hydroxylation is 1. The molecular weight excluding hydrogens is 294 g/mol. The first kappa shape index (κ1) is 14.8. The fraction of sp³-hybridized carbons (Fsp3) is 0.200. The molecule has 0 radical (unpaired) electrons. The molecule has 3 N–H and O–H groups in total. The Morgan fingerprint density at radius 2 is 2.09 bits per heavy atom. The van der Waals surface area contributed by atoms with Gasteiger partial charge >= 0.3 is 0 Å². The normalized spacial score (nSPS) is 10.5. The van der Waals surface area contributed by atoms with Gasteiger partial charge in [-0.1, -0.05) is 30.3 Å². The predicted octanol–water partition coefficient (Wildman–Crippen LogP) is 1.05. The third-order valence-corrected chi connectivity index (χ3v) is 3.30. The molecular formula is C15H17N7O. The lowest BCUT2D eigenvalue weighted by atomic mass is 10.1. The Morgan fingerprint density at radius 3 is 2.83 bits per heavy atom.